The van der Waals surface area contributed by atoms with Crippen molar-refractivity contribution in [3.05, 3.63) is 115 Å². The summed E-state index contributed by atoms with van der Waals surface area (Å²) in [6, 6.07) is 29.8. The molecule has 0 N–H and O–H groups in total. The molecule has 0 bridgehead atoms. The molecule has 35 heavy (non-hydrogen) atoms. The summed E-state index contributed by atoms with van der Waals surface area (Å²) in [5, 5.41) is 1.69. The van der Waals surface area contributed by atoms with Gasteiger partial charge in [-0.1, -0.05) is 54.6 Å². The number of fused-ring (bicyclic) bond motifs is 3. The first-order valence-corrected chi connectivity index (χ1v) is 13.2. The van der Waals surface area contributed by atoms with E-state index < -0.39 is 7.14 Å². The average Bonchev–Trinajstić information content (AvgIpc) is 3.14. The average molecular weight is 475 g/mol. The largest absolute Gasteiger partial charge is 0.439 e. The highest BCUT2D eigenvalue weighted by Crippen LogP contribution is 2.52. The highest BCUT2D eigenvalue weighted by Gasteiger charge is 2.41. The number of pyridine rings is 2. The molecule has 1 unspecified atom stereocenters. The lowest BCUT2D eigenvalue weighted by atomic mass is 10.0. The van der Waals surface area contributed by atoms with Crippen molar-refractivity contribution in [1.29, 1.82) is 0 Å². The van der Waals surface area contributed by atoms with E-state index in [9.17, 15) is 4.57 Å². The maximum atomic E-state index is 14.8. The lowest BCUT2D eigenvalue weighted by Gasteiger charge is -2.16. The maximum Gasteiger partial charge on any atom is 0.219 e. The summed E-state index contributed by atoms with van der Waals surface area (Å²) in [5.41, 5.74) is 6.73. The van der Waals surface area contributed by atoms with Crippen LogP contribution in [0.25, 0.3) is 22.3 Å². The molecule has 6 rings (SSSR count). The van der Waals surface area contributed by atoms with Crippen LogP contribution in [-0.4, -0.2) is 9.97 Å². The van der Waals surface area contributed by atoms with Crippen LogP contribution in [0, 0.1) is 13.8 Å². The summed E-state index contributed by atoms with van der Waals surface area (Å²) in [4.78, 5) is 8.91. The molecule has 0 saturated carbocycles. The molecule has 170 valence electrons. The van der Waals surface area contributed by atoms with E-state index in [1.165, 1.54) is 0 Å². The predicted octanol–water partition coefficient (Wildman–Crippen LogP) is 6.17. The van der Waals surface area contributed by atoms with Gasteiger partial charge in [0.05, 0.1) is 0 Å². The minimum absolute atomic E-state index is 0.557. The van der Waals surface area contributed by atoms with Gasteiger partial charge in [0, 0.05) is 29.1 Å². The Kier molecular flexibility index (Phi) is 5.12. The number of aryl methyl sites for hydroxylation is 2. The van der Waals surface area contributed by atoms with Crippen LogP contribution in [-0.2, 0) is 4.57 Å². The van der Waals surface area contributed by atoms with E-state index in [1.807, 2.05) is 86.6 Å². The van der Waals surface area contributed by atoms with Crippen molar-refractivity contribution < 1.29 is 9.30 Å². The van der Waals surface area contributed by atoms with E-state index >= 15 is 0 Å². The fourth-order valence-electron chi connectivity index (χ4n) is 4.62. The summed E-state index contributed by atoms with van der Waals surface area (Å²) >= 11 is 0. The van der Waals surface area contributed by atoms with Crippen molar-refractivity contribution in [2.24, 2.45) is 0 Å². The van der Waals surface area contributed by atoms with Crippen molar-refractivity contribution >= 4 is 23.2 Å². The van der Waals surface area contributed by atoms with Crippen molar-refractivity contribution in [2.45, 2.75) is 13.8 Å². The quantitative estimate of drug-likeness (QED) is 0.287. The van der Waals surface area contributed by atoms with Crippen molar-refractivity contribution in [1.82, 2.24) is 9.97 Å². The molecule has 0 saturated heterocycles. The molecule has 5 heteroatoms. The van der Waals surface area contributed by atoms with Crippen LogP contribution in [0.2, 0.25) is 0 Å². The van der Waals surface area contributed by atoms with Gasteiger partial charge in [-0.25, -0.2) is 4.98 Å². The second kappa shape index (κ2) is 8.33. The van der Waals surface area contributed by atoms with Gasteiger partial charge in [0.15, 0.2) is 7.14 Å². The first kappa shape index (κ1) is 21.5. The van der Waals surface area contributed by atoms with E-state index in [0.29, 0.717) is 17.1 Å². The minimum atomic E-state index is -3.09. The SMILES string of the molecule is Cc1ccc(P2(=O)c3ccccc3-c3ccc(-c4cccc(Oc5cc(C)ccn5)c4)cc32)nc1. The zero-order valence-electron chi connectivity index (χ0n) is 19.5. The van der Waals surface area contributed by atoms with Gasteiger partial charge in [0.2, 0.25) is 5.88 Å². The van der Waals surface area contributed by atoms with E-state index in [2.05, 4.69) is 28.2 Å². The van der Waals surface area contributed by atoms with Crippen LogP contribution in [0.1, 0.15) is 11.1 Å². The standard InChI is InChI=1S/C30H23N2O2P/c1-20-14-15-31-29(16-20)34-24-7-5-6-22(17-24)23-11-12-26-25-8-3-4-9-27(25)35(33,28(26)18-23)30-13-10-21(2)19-32-30/h3-19H,1-2H3. The van der Waals surface area contributed by atoms with Crippen molar-refractivity contribution in [2.75, 3.05) is 0 Å². The Labute approximate surface area is 204 Å². The Hall–Kier alpha value is -4.01. The van der Waals surface area contributed by atoms with Gasteiger partial charge < -0.3 is 9.30 Å². The molecule has 1 aliphatic rings. The summed E-state index contributed by atoms with van der Waals surface area (Å²) in [6.07, 6.45) is 3.53. The molecule has 2 aromatic heterocycles. The Morgan fingerprint density at radius 3 is 2.34 bits per heavy atom. The normalized spacial score (nSPS) is 15.9. The second-order valence-corrected chi connectivity index (χ2v) is 11.5. The van der Waals surface area contributed by atoms with Gasteiger partial charge in [-0.3, -0.25) is 4.98 Å². The Morgan fingerprint density at radius 1 is 0.686 bits per heavy atom. The molecule has 1 atom stereocenters. The molecule has 0 amide bonds. The van der Waals surface area contributed by atoms with Gasteiger partial charge >= 0.3 is 0 Å². The Balaban J connectivity index is 1.46. The van der Waals surface area contributed by atoms with Gasteiger partial charge in [-0.2, -0.15) is 0 Å². The van der Waals surface area contributed by atoms with Crippen LogP contribution in [0.15, 0.2) is 103 Å². The number of benzene rings is 3. The minimum Gasteiger partial charge on any atom is -0.439 e. The van der Waals surface area contributed by atoms with Gasteiger partial charge in [-0.05, 0) is 77.6 Å². The fourth-order valence-corrected chi connectivity index (χ4v) is 7.57. The van der Waals surface area contributed by atoms with Crippen LogP contribution >= 0.6 is 7.14 Å². The first-order valence-electron chi connectivity index (χ1n) is 11.5. The Bertz CT molecular complexity index is 1630. The predicted molar refractivity (Wildman–Crippen MR) is 142 cm³/mol. The van der Waals surface area contributed by atoms with E-state index in [0.717, 1.165) is 44.0 Å². The summed E-state index contributed by atoms with van der Waals surface area (Å²) < 4.78 is 20.8. The molecule has 0 fully saturated rings. The lowest BCUT2D eigenvalue weighted by molar-refractivity contribution is 0.462. The summed E-state index contributed by atoms with van der Waals surface area (Å²) in [6.45, 7) is 4.00. The van der Waals surface area contributed by atoms with Crippen LogP contribution in [0.5, 0.6) is 11.6 Å². The lowest BCUT2D eigenvalue weighted by Crippen LogP contribution is -2.23. The molecule has 0 radical (unpaired) electrons. The highest BCUT2D eigenvalue weighted by molar-refractivity contribution is 7.86. The monoisotopic (exact) mass is 474 g/mol. The van der Waals surface area contributed by atoms with E-state index in [4.69, 9.17) is 4.74 Å². The zero-order chi connectivity index (χ0) is 24.0. The Morgan fingerprint density at radius 2 is 1.51 bits per heavy atom. The first-order chi connectivity index (χ1) is 17.0. The van der Waals surface area contributed by atoms with Crippen LogP contribution in [0.3, 0.4) is 0 Å². The third-order valence-electron chi connectivity index (χ3n) is 6.37. The number of hydrogen-bond acceptors (Lipinski definition) is 4. The molecule has 0 spiro atoms. The van der Waals surface area contributed by atoms with Crippen LogP contribution in [0.4, 0.5) is 0 Å². The number of nitrogens with zero attached hydrogens (tertiary/aromatic N) is 2. The zero-order valence-corrected chi connectivity index (χ0v) is 20.4. The number of ether oxygens (including phenoxy) is 1. The third-order valence-corrected chi connectivity index (χ3v) is 9.40. The topological polar surface area (TPSA) is 52.1 Å². The third kappa shape index (κ3) is 3.67. The molecule has 0 aliphatic carbocycles. The van der Waals surface area contributed by atoms with E-state index in [-0.39, 0.29) is 0 Å². The molecular formula is C30H23N2O2P. The maximum absolute atomic E-state index is 14.8. The molecule has 4 nitrogen and oxygen atoms in total. The number of rotatable bonds is 4. The second-order valence-electron chi connectivity index (χ2n) is 8.85. The summed E-state index contributed by atoms with van der Waals surface area (Å²) in [7, 11) is -3.09. The molecule has 1 aliphatic heterocycles. The fraction of sp³-hybridized carbons (Fsp3) is 0.0667. The summed E-state index contributed by atoms with van der Waals surface area (Å²) in [5.74, 6) is 1.26. The van der Waals surface area contributed by atoms with Crippen molar-refractivity contribution in [3.63, 3.8) is 0 Å². The molecular weight excluding hydrogens is 451 g/mol. The highest BCUT2D eigenvalue weighted by atomic mass is 31.2. The smallest absolute Gasteiger partial charge is 0.219 e. The van der Waals surface area contributed by atoms with Gasteiger partial charge in [0.25, 0.3) is 0 Å². The van der Waals surface area contributed by atoms with Crippen LogP contribution < -0.4 is 20.8 Å². The van der Waals surface area contributed by atoms with Gasteiger partial charge in [0.1, 0.15) is 11.2 Å². The molecule has 3 aromatic carbocycles. The molecule has 5 aromatic rings. The van der Waals surface area contributed by atoms with Gasteiger partial charge in [-0.15, -0.1) is 0 Å². The molecule has 3 heterocycles. The van der Waals surface area contributed by atoms with Crippen molar-refractivity contribution in [3.8, 4) is 33.9 Å². The number of aromatic nitrogens is 2. The number of hydrogen-bond donors (Lipinski definition) is 0. The van der Waals surface area contributed by atoms with E-state index in [1.54, 1.807) is 12.4 Å².